The minimum absolute atomic E-state index is 0.233. The van der Waals surface area contributed by atoms with E-state index in [-0.39, 0.29) is 11.1 Å². The molecule has 1 aliphatic heterocycles. The Labute approximate surface area is 168 Å². The third-order valence-corrected chi connectivity index (χ3v) is 5.61. The summed E-state index contributed by atoms with van der Waals surface area (Å²) in [4.78, 5) is 2.19. The van der Waals surface area contributed by atoms with Gasteiger partial charge in [-0.15, -0.1) is 5.10 Å². The molecule has 0 unspecified atom stereocenters. The van der Waals surface area contributed by atoms with Crippen LogP contribution in [0.1, 0.15) is 32.3 Å². The SMILES string of the molecule is CC1(C)CCN(c2ccc(-n3nnc4c(C(F)(F)F)c(F)c(O)c(F)c43)cc2)CC1. The largest absolute Gasteiger partial charge is 0.503 e. The van der Waals surface area contributed by atoms with Gasteiger partial charge in [-0.1, -0.05) is 19.1 Å². The van der Waals surface area contributed by atoms with Crippen molar-refractivity contribution in [3.8, 4) is 11.4 Å². The van der Waals surface area contributed by atoms with Crippen molar-refractivity contribution in [2.75, 3.05) is 18.0 Å². The van der Waals surface area contributed by atoms with Crippen molar-refractivity contribution in [1.29, 1.82) is 0 Å². The summed E-state index contributed by atoms with van der Waals surface area (Å²) in [5.74, 6) is -5.38. The molecule has 2 heterocycles. The molecule has 1 fully saturated rings. The number of alkyl halides is 3. The lowest BCUT2D eigenvalue weighted by Crippen LogP contribution is -2.37. The molecule has 0 atom stereocenters. The first-order chi connectivity index (χ1) is 14.0. The van der Waals surface area contributed by atoms with Crippen molar-refractivity contribution in [2.24, 2.45) is 5.41 Å². The maximum absolute atomic E-state index is 14.5. The molecule has 30 heavy (non-hydrogen) atoms. The van der Waals surface area contributed by atoms with Crippen LogP contribution in [0.15, 0.2) is 24.3 Å². The van der Waals surface area contributed by atoms with E-state index in [0.29, 0.717) is 0 Å². The van der Waals surface area contributed by atoms with E-state index in [1.54, 1.807) is 24.3 Å². The van der Waals surface area contributed by atoms with Crippen molar-refractivity contribution in [2.45, 2.75) is 32.9 Å². The van der Waals surface area contributed by atoms with Gasteiger partial charge in [-0.25, -0.2) is 13.5 Å². The fourth-order valence-electron chi connectivity index (χ4n) is 3.69. The Hall–Kier alpha value is -2.91. The predicted octanol–water partition coefficient (Wildman–Crippen LogP) is 5.05. The normalized spacial score (nSPS) is 17.0. The molecule has 0 radical (unpaired) electrons. The molecular weight excluding hydrogens is 407 g/mol. The van der Waals surface area contributed by atoms with Gasteiger partial charge in [0.15, 0.2) is 17.4 Å². The average molecular weight is 426 g/mol. The predicted molar refractivity (Wildman–Crippen MR) is 101 cm³/mol. The highest BCUT2D eigenvalue weighted by atomic mass is 19.4. The van der Waals surface area contributed by atoms with Crippen LogP contribution in [-0.4, -0.2) is 33.2 Å². The first kappa shape index (κ1) is 20.4. The first-order valence-electron chi connectivity index (χ1n) is 9.37. The topological polar surface area (TPSA) is 54.2 Å². The summed E-state index contributed by atoms with van der Waals surface area (Å²) in [6.07, 6.45) is -3.13. The summed E-state index contributed by atoms with van der Waals surface area (Å²) in [5, 5.41) is 16.5. The molecule has 4 rings (SSSR count). The van der Waals surface area contributed by atoms with Crippen LogP contribution in [0.5, 0.6) is 5.75 Å². The molecule has 160 valence electrons. The van der Waals surface area contributed by atoms with Crippen LogP contribution in [0.3, 0.4) is 0 Å². The van der Waals surface area contributed by atoms with Crippen LogP contribution in [0, 0.1) is 17.0 Å². The number of phenols is 1. The lowest BCUT2D eigenvalue weighted by molar-refractivity contribution is -0.139. The lowest BCUT2D eigenvalue weighted by Gasteiger charge is -2.38. The fraction of sp³-hybridized carbons (Fsp3) is 0.400. The second-order valence-corrected chi connectivity index (χ2v) is 8.22. The molecule has 0 bridgehead atoms. The van der Waals surface area contributed by atoms with E-state index in [9.17, 15) is 27.1 Å². The number of halogens is 5. The highest BCUT2D eigenvalue weighted by Gasteiger charge is 2.41. The fourth-order valence-corrected chi connectivity index (χ4v) is 3.69. The van der Waals surface area contributed by atoms with Crippen molar-refractivity contribution in [1.82, 2.24) is 15.0 Å². The molecule has 2 aromatic carbocycles. The number of nitrogens with zero attached hydrogens (tertiary/aromatic N) is 4. The minimum Gasteiger partial charge on any atom is -0.503 e. The van der Waals surface area contributed by atoms with Crippen molar-refractivity contribution >= 4 is 16.7 Å². The number of anilines is 1. The van der Waals surface area contributed by atoms with E-state index in [1.165, 1.54) is 0 Å². The number of phenolic OH excluding ortho intramolecular Hbond substituents is 1. The summed E-state index contributed by atoms with van der Waals surface area (Å²) in [7, 11) is 0. The smallest absolute Gasteiger partial charge is 0.421 e. The third kappa shape index (κ3) is 3.33. The van der Waals surface area contributed by atoms with Gasteiger partial charge in [0.05, 0.1) is 5.69 Å². The Morgan fingerprint density at radius 2 is 1.53 bits per heavy atom. The van der Waals surface area contributed by atoms with E-state index in [2.05, 4.69) is 29.1 Å². The average Bonchev–Trinajstić information content (AvgIpc) is 3.10. The highest BCUT2D eigenvalue weighted by molar-refractivity contribution is 5.83. The lowest BCUT2D eigenvalue weighted by atomic mass is 9.82. The number of piperidine rings is 1. The Morgan fingerprint density at radius 3 is 2.10 bits per heavy atom. The molecule has 0 aliphatic carbocycles. The molecule has 0 spiro atoms. The molecule has 1 aromatic heterocycles. The van der Waals surface area contributed by atoms with E-state index in [4.69, 9.17) is 0 Å². The van der Waals surface area contributed by atoms with Crippen molar-refractivity contribution in [3.05, 3.63) is 41.5 Å². The number of benzene rings is 2. The molecule has 5 nitrogen and oxygen atoms in total. The number of rotatable bonds is 2. The second-order valence-electron chi connectivity index (χ2n) is 8.22. The van der Waals surface area contributed by atoms with Crippen LogP contribution in [0.2, 0.25) is 0 Å². The summed E-state index contributed by atoms with van der Waals surface area (Å²) in [5.41, 5.74) is -2.16. The monoisotopic (exact) mass is 426 g/mol. The summed E-state index contributed by atoms with van der Waals surface area (Å²) in [6.45, 7) is 6.17. The molecule has 1 saturated heterocycles. The minimum atomic E-state index is -5.18. The van der Waals surface area contributed by atoms with Gasteiger partial charge in [0.2, 0.25) is 0 Å². The standard InChI is InChI=1S/C20H19F5N4O/c1-19(2)7-9-28(10-8-19)11-3-5-12(6-4-11)29-17-15(22)18(30)14(21)13(20(23,24)25)16(17)26-27-29/h3-6,30H,7-10H2,1-2H3. The van der Waals surface area contributed by atoms with Crippen LogP contribution in [-0.2, 0) is 6.18 Å². The number of aromatic hydroxyl groups is 1. The number of hydrogen-bond donors (Lipinski definition) is 1. The first-order valence-corrected chi connectivity index (χ1v) is 9.37. The van der Waals surface area contributed by atoms with Gasteiger partial charge in [0, 0.05) is 18.8 Å². The summed E-state index contributed by atoms with van der Waals surface area (Å²) >= 11 is 0. The van der Waals surface area contributed by atoms with Gasteiger partial charge in [-0.3, -0.25) is 0 Å². The van der Waals surface area contributed by atoms with E-state index in [0.717, 1.165) is 36.3 Å². The Balaban J connectivity index is 1.75. The van der Waals surface area contributed by atoms with Crippen molar-refractivity contribution < 1.29 is 27.1 Å². The molecule has 3 aromatic rings. The second kappa shape index (κ2) is 6.82. The van der Waals surface area contributed by atoms with Crippen LogP contribution < -0.4 is 4.90 Å². The maximum atomic E-state index is 14.5. The number of hydrogen-bond acceptors (Lipinski definition) is 4. The van der Waals surface area contributed by atoms with E-state index in [1.807, 2.05) is 0 Å². The van der Waals surface area contributed by atoms with Crippen LogP contribution in [0.4, 0.5) is 27.6 Å². The van der Waals surface area contributed by atoms with Crippen molar-refractivity contribution in [3.63, 3.8) is 0 Å². The van der Waals surface area contributed by atoms with E-state index < -0.39 is 40.2 Å². The Morgan fingerprint density at radius 1 is 0.967 bits per heavy atom. The molecule has 10 heteroatoms. The zero-order valence-corrected chi connectivity index (χ0v) is 16.3. The summed E-state index contributed by atoms with van der Waals surface area (Å²) in [6, 6.07) is 6.65. The van der Waals surface area contributed by atoms with Gasteiger partial charge < -0.3 is 10.0 Å². The quantitative estimate of drug-likeness (QED) is 0.583. The molecule has 1 aliphatic rings. The highest BCUT2D eigenvalue weighted by Crippen LogP contribution is 2.41. The van der Waals surface area contributed by atoms with Gasteiger partial charge in [-0.05, 0) is 42.5 Å². The van der Waals surface area contributed by atoms with E-state index >= 15 is 0 Å². The van der Waals surface area contributed by atoms with Crippen LogP contribution >= 0.6 is 0 Å². The zero-order valence-electron chi connectivity index (χ0n) is 16.3. The van der Waals surface area contributed by atoms with Gasteiger partial charge in [-0.2, -0.15) is 13.2 Å². The zero-order chi connectivity index (χ0) is 21.8. The Kier molecular flexibility index (Phi) is 4.63. The molecule has 1 N–H and O–H groups in total. The third-order valence-electron chi connectivity index (χ3n) is 5.61. The van der Waals surface area contributed by atoms with Gasteiger partial charge >= 0.3 is 6.18 Å². The number of fused-ring (bicyclic) bond motifs is 1. The van der Waals surface area contributed by atoms with Gasteiger partial charge in [0.25, 0.3) is 0 Å². The van der Waals surface area contributed by atoms with Crippen LogP contribution in [0.25, 0.3) is 16.7 Å². The molecule has 0 saturated carbocycles. The Bertz CT molecular complexity index is 1100. The molecular formula is C20H19F5N4O. The van der Waals surface area contributed by atoms with Gasteiger partial charge in [0.1, 0.15) is 16.6 Å². The molecule has 0 amide bonds. The number of aromatic nitrogens is 3. The maximum Gasteiger partial charge on any atom is 0.421 e. The summed E-state index contributed by atoms with van der Waals surface area (Å²) < 4.78 is 69.0.